The van der Waals surface area contributed by atoms with Gasteiger partial charge in [-0.25, -0.2) is 9.97 Å². The molecule has 6 nitrogen and oxygen atoms in total. The Morgan fingerprint density at radius 1 is 1.33 bits per heavy atom. The summed E-state index contributed by atoms with van der Waals surface area (Å²) in [6.45, 7) is 1.85. The van der Waals surface area contributed by atoms with Crippen molar-refractivity contribution in [3.05, 3.63) is 45.7 Å². The number of ether oxygens (including phenoxy) is 1. The first-order chi connectivity index (χ1) is 10.0. The van der Waals surface area contributed by atoms with Crippen LogP contribution in [-0.2, 0) is 6.61 Å². The Morgan fingerprint density at radius 3 is 2.62 bits per heavy atom. The van der Waals surface area contributed by atoms with Crippen molar-refractivity contribution in [2.75, 3.05) is 12.8 Å². The summed E-state index contributed by atoms with van der Waals surface area (Å²) >= 11 is 3.35. The monoisotopic (exact) mass is 350 g/mol. The number of aryl methyl sites for hydroxylation is 1. The highest BCUT2D eigenvalue weighted by Gasteiger charge is 2.17. The fourth-order valence-electron chi connectivity index (χ4n) is 1.86. The van der Waals surface area contributed by atoms with Crippen molar-refractivity contribution in [3.8, 4) is 5.75 Å². The van der Waals surface area contributed by atoms with E-state index in [1.165, 1.54) is 0 Å². The topological polar surface area (TPSA) is 90.1 Å². The molecule has 0 radical (unpaired) electrons. The molecule has 0 atom stereocenters. The van der Waals surface area contributed by atoms with E-state index >= 15 is 0 Å². The second kappa shape index (κ2) is 6.53. The zero-order chi connectivity index (χ0) is 15.4. The van der Waals surface area contributed by atoms with Crippen LogP contribution in [-0.4, -0.2) is 22.9 Å². The van der Waals surface area contributed by atoms with Gasteiger partial charge in [0.25, 0.3) is 5.91 Å². The van der Waals surface area contributed by atoms with Gasteiger partial charge in [-0.2, -0.15) is 0 Å². The highest BCUT2D eigenvalue weighted by molar-refractivity contribution is 9.10. The molecule has 0 spiro atoms. The fraction of sp³-hybridized carbons (Fsp3) is 0.214. The third-order valence-electron chi connectivity index (χ3n) is 2.83. The first-order valence-corrected chi connectivity index (χ1v) is 7.04. The molecule has 0 bridgehead atoms. The van der Waals surface area contributed by atoms with Crippen LogP contribution in [0.4, 0.5) is 5.95 Å². The minimum atomic E-state index is -0.262. The molecule has 0 aliphatic rings. The molecule has 1 heterocycles. The quantitative estimate of drug-likeness (QED) is 0.880. The van der Waals surface area contributed by atoms with E-state index in [1.807, 2.05) is 24.3 Å². The maximum absolute atomic E-state index is 11.9. The number of carbonyl (C=O) groups excluding carboxylic acids is 1. The van der Waals surface area contributed by atoms with Crippen LogP contribution in [0, 0.1) is 6.92 Å². The Morgan fingerprint density at radius 2 is 2.00 bits per heavy atom. The molecule has 0 aliphatic heterocycles. The molecule has 1 amide bonds. The number of anilines is 1. The number of nitrogens with zero attached hydrogens (tertiary/aromatic N) is 2. The van der Waals surface area contributed by atoms with E-state index in [2.05, 4.69) is 31.2 Å². The number of hydrogen-bond acceptors (Lipinski definition) is 5. The van der Waals surface area contributed by atoms with Gasteiger partial charge in [0.05, 0.1) is 17.0 Å². The predicted octanol–water partition coefficient (Wildman–Crippen LogP) is 2.07. The molecule has 21 heavy (non-hydrogen) atoms. The van der Waals surface area contributed by atoms with Crippen molar-refractivity contribution >= 4 is 27.8 Å². The minimum absolute atomic E-state index is 0.120. The molecule has 0 aliphatic carbocycles. The van der Waals surface area contributed by atoms with Crippen LogP contribution < -0.4 is 15.8 Å². The SMILES string of the molecule is CNC(=O)c1c(C)nc(N)nc1COc1ccc(Br)cc1. The van der Waals surface area contributed by atoms with E-state index in [9.17, 15) is 4.79 Å². The normalized spacial score (nSPS) is 10.2. The lowest BCUT2D eigenvalue weighted by molar-refractivity contribution is 0.0959. The first-order valence-electron chi connectivity index (χ1n) is 6.24. The number of nitrogens with one attached hydrogen (secondary N) is 1. The lowest BCUT2D eigenvalue weighted by Crippen LogP contribution is -2.23. The van der Waals surface area contributed by atoms with E-state index in [4.69, 9.17) is 10.5 Å². The lowest BCUT2D eigenvalue weighted by Gasteiger charge is -2.12. The Hall–Kier alpha value is -2.15. The van der Waals surface area contributed by atoms with Crippen LogP contribution in [0.1, 0.15) is 21.7 Å². The average Bonchev–Trinajstić information content (AvgIpc) is 2.45. The van der Waals surface area contributed by atoms with Crippen molar-refractivity contribution in [1.29, 1.82) is 0 Å². The molecule has 0 unspecified atom stereocenters. The molecule has 2 rings (SSSR count). The molecule has 3 N–H and O–H groups in total. The summed E-state index contributed by atoms with van der Waals surface area (Å²) in [5.41, 5.74) is 7.02. The molecule has 0 saturated heterocycles. The number of amides is 1. The highest BCUT2D eigenvalue weighted by Crippen LogP contribution is 2.19. The van der Waals surface area contributed by atoms with Gasteiger partial charge < -0.3 is 15.8 Å². The summed E-state index contributed by atoms with van der Waals surface area (Å²) in [5.74, 6) is 0.535. The van der Waals surface area contributed by atoms with Crippen LogP contribution in [0.15, 0.2) is 28.7 Å². The molecule has 7 heteroatoms. The second-order valence-electron chi connectivity index (χ2n) is 4.31. The van der Waals surface area contributed by atoms with E-state index < -0.39 is 0 Å². The smallest absolute Gasteiger partial charge is 0.254 e. The van der Waals surface area contributed by atoms with Gasteiger partial charge in [-0.1, -0.05) is 15.9 Å². The van der Waals surface area contributed by atoms with Crippen LogP contribution in [0.5, 0.6) is 5.75 Å². The lowest BCUT2D eigenvalue weighted by atomic mass is 10.1. The standard InChI is InChI=1S/C14H15BrN4O2/c1-8-12(13(20)17-2)11(19-14(16)18-8)7-21-10-5-3-9(15)4-6-10/h3-6H,7H2,1-2H3,(H,17,20)(H2,16,18,19). The Kier molecular flexibility index (Phi) is 4.74. The predicted molar refractivity (Wildman–Crippen MR) is 83.0 cm³/mol. The van der Waals surface area contributed by atoms with Crippen molar-refractivity contribution in [3.63, 3.8) is 0 Å². The van der Waals surface area contributed by atoms with Crippen LogP contribution in [0.25, 0.3) is 0 Å². The molecule has 0 saturated carbocycles. The minimum Gasteiger partial charge on any atom is -0.487 e. The summed E-state index contributed by atoms with van der Waals surface area (Å²) in [6.07, 6.45) is 0. The number of carbonyl (C=O) groups is 1. The third-order valence-corrected chi connectivity index (χ3v) is 3.35. The van der Waals surface area contributed by atoms with Crippen molar-refractivity contribution in [2.45, 2.75) is 13.5 Å². The second-order valence-corrected chi connectivity index (χ2v) is 5.23. The van der Waals surface area contributed by atoms with Crippen molar-refractivity contribution in [1.82, 2.24) is 15.3 Å². The molecule has 0 fully saturated rings. The van der Waals surface area contributed by atoms with Gasteiger partial charge in [-0.3, -0.25) is 4.79 Å². The van der Waals surface area contributed by atoms with Crippen molar-refractivity contribution in [2.24, 2.45) is 0 Å². The van der Waals surface area contributed by atoms with Gasteiger partial charge in [0.15, 0.2) is 0 Å². The van der Waals surface area contributed by atoms with Gasteiger partial charge in [0.1, 0.15) is 12.4 Å². The van der Waals surface area contributed by atoms with E-state index in [0.717, 1.165) is 4.47 Å². The number of benzene rings is 1. The largest absolute Gasteiger partial charge is 0.487 e. The Labute approximate surface area is 130 Å². The fourth-order valence-corrected chi connectivity index (χ4v) is 2.13. The number of nitrogen functional groups attached to an aromatic ring is 1. The third kappa shape index (κ3) is 3.69. The zero-order valence-electron chi connectivity index (χ0n) is 11.7. The summed E-state index contributed by atoms with van der Waals surface area (Å²) in [4.78, 5) is 20.0. The number of rotatable bonds is 4. The highest BCUT2D eigenvalue weighted by atomic mass is 79.9. The van der Waals surface area contributed by atoms with Gasteiger partial charge in [-0.15, -0.1) is 0 Å². The van der Waals surface area contributed by atoms with Crippen LogP contribution in [0.3, 0.4) is 0 Å². The van der Waals surface area contributed by atoms with Crippen LogP contribution >= 0.6 is 15.9 Å². The van der Waals surface area contributed by atoms with Gasteiger partial charge >= 0.3 is 0 Å². The maximum atomic E-state index is 11.9. The summed E-state index contributed by atoms with van der Waals surface area (Å²) in [7, 11) is 1.55. The summed E-state index contributed by atoms with van der Waals surface area (Å²) in [5, 5.41) is 2.57. The maximum Gasteiger partial charge on any atom is 0.254 e. The Bertz CT molecular complexity index is 659. The number of aromatic nitrogens is 2. The Balaban J connectivity index is 2.26. The first kappa shape index (κ1) is 15.2. The summed E-state index contributed by atoms with van der Waals surface area (Å²) in [6, 6.07) is 7.38. The molecular formula is C14H15BrN4O2. The number of nitrogens with two attached hydrogens (primary N) is 1. The zero-order valence-corrected chi connectivity index (χ0v) is 13.3. The van der Waals surface area contributed by atoms with Gasteiger partial charge in [0, 0.05) is 11.5 Å². The van der Waals surface area contributed by atoms with E-state index in [-0.39, 0.29) is 18.5 Å². The van der Waals surface area contributed by atoms with Gasteiger partial charge in [-0.05, 0) is 31.2 Å². The molecule has 1 aromatic carbocycles. The number of halogens is 1. The molecule has 110 valence electrons. The average molecular weight is 351 g/mol. The van der Waals surface area contributed by atoms with Crippen LogP contribution in [0.2, 0.25) is 0 Å². The summed E-state index contributed by atoms with van der Waals surface area (Å²) < 4.78 is 6.61. The molecular weight excluding hydrogens is 336 g/mol. The van der Waals surface area contributed by atoms with Crippen molar-refractivity contribution < 1.29 is 9.53 Å². The number of hydrogen-bond donors (Lipinski definition) is 2. The van der Waals surface area contributed by atoms with E-state index in [1.54, 1.807) is 14.0 Å². The molecule has 2 aromatic rings. The molecule has 1 aromatic heterocycles. The van der Waals surface area contributed by atoms with Gasteiger partial charge in [0.2, 0.25) is 5.95 Å². The van der Waals surface area contributed by atoms with E-state index in [0.29, 0.717) is 22.7 Å².